The molecule has 0 aliphatic rings. The van der Waals surface area contributed by atoms with Gasteiger partial charge in [-0.3, -0.25) is 4.99 Å². The molecule has 0 spiro atoms. The molecule has 1 N–H and O–H groups in total. The summed E-state index contributed by atoms with van der Waals surface area (Å²) >= 11 is 0. The maximum atomic E-state index is 11.8. The number of benzene rings is 1. The van der Waals surface area contributed by atoms with Crippen molar-refractivity contribution < 1.29 is 14.3 Å². The van der Waals surface area contributed by atoms with Gasteiger partial charge in [0.05, 0.1) is 14.2 Å². The van der Waals surface area contributed by atoms with Gasteiger partial charge in [-0.25, -0.2) is 4.79 Å². The van der Waals surface area contributed by atoms with Gasteiger partial charge >= 0.3 is 5.97 Å². The summed E-state index contributed by atoms with van der Waals surface area (Å²) in [6, 6.07) is 5.46. The quantitative estimate of drug-likeness (QED) is 0.300. The number of hydrogen-bond acceptors (Lipinski definition) is 4. The van der Waals surface area contributed by atoms with Crippen molar-refractivity contribution in [1.29, 1.82) is 0 Å². The van der Waals surface area contributed by atoms with Crippen LogP contribution < -0.4 is 10.1 Å². The molecule has 0 heterocycles. The van der Waals surface area contributed by atoms with Crippen molar-refractivity contribution in [3.8, 4) is 5.75 Å². The van der Waals surface area contributed by atoms with Gasteiger partial charge in [0, 0.05) is 27.2 Å². The van der Waals surface area contributed by atoms with Crippen LogP contribution in [0.15, 0.2) is 23.2 Å². The van der Waals surface area contributed by atoms with Crippen LogP contribution in [0.5, 0.6) is 5.75 Å². The lowest BCUT2D eigenvalue weighted by molar-refractivity contribution is 0.0597. The summed E-state index contributed by atoms with van der Waals surface area (Å²) in [5.74, 6) is 0.923. The number of hydrogen-bond donors (Lipinski definition) is 1. The third-order valence-corrected chi connectivity index (χ3v) is 3.54. The fourth-order valence-corrected chi connectivity index (χ4v) is 2.20. The monoisotopic (exact) mass is 449 g/mol. The fourth-order valence-electron chi connectivity index (χ4n) is 2.20. The Labute approximate surface area is 161 Å². The first-order valence-corrected chi connectivity index (χ1v) is 7.74. The van der Waals surface area contributed by atoms with E-state index in [-0.39, 0.29) is 24.0 Å². The molecule has 0 radical (unpaired) electrons. The highest BCUT2D eigenvalue weighted by atomic mass is 127. The van der Waals surface area contributed by atoms with Gasteiger partial charge in [0.25, 0.3) is 0 Å². The number of carbonyl (C=O) groups is 1. The van der Waals surface area contributed by atoms with Gasteiger partial charge in [-0.1, -0.05) is 19.4 Å². The third kappa shape index (κ3) is 6.54. The van der Waals surface area contributed by atoms with Crippen LogP contribution in [0.4, 0.5) is 0 Å². The minimum absolute atomic E-state index is 0. The Balaban J connectivity index is 0.00000529. The van der Waals surface area contributed by atoms with E-state index < -0.39 is 5.97 Å². The maximum Gasteiger partial charge on any atom is 0.341 e. The molecule has 0 bridgehead atoms. The van der Waals surface area contributed by atoms with Crippen LogP contribution in [0, 0.1) is 0 Å². The zero-order valence-corrected chi connectivity index (χ0v) is 17.4. The molecule has 1 rings (SSSR count). The second-order valence-electron chi connectivity index (χ2n) is 5.20. The number of ether oxygens (including phenoxy) is 2. The van der Waals surface area contributed by atoms with Crippen LogP contribution in [0.2, 0.25) is 0 Å². The first-order valence-electron chi connectivity index (χ1n) is 7.74. The molecule has 0 aliphatic carbocycles. The summed E-state index contributed by atoms with van der Waals surface area (Å²) in [5.41, 5.74) is 1.37. The Kier molecular flexibility index (Phi) is 11.2. The van der Waals surface area contributed by atoms with Gasteiger partial charge in [0.1, 0.15) is 11.3 Å². The Morgan fingerprint density at radius 3 is 2.58 bits per heavy atom. The highest BCUT2D eigenvalue weighted by Gasteiger charge is 2.14. The van der Waals surface area contributed by atoms with Crippen LogP contribution in [-0.2, 0) is 11.3 Å². The van der Waals surface area contributed by atoms with Gasteiger partial charge < -0.3 is 19.7 Å². The van der Waals surface area contributed by atoms with Crippen molar-refractivity contribution in [2.24, 2.45) is 4.99 Å². The average molecular weight is 449 g/mol. The maximum absolute atomic E-state index is 11.8. The van der Waals surface area contributed by atoms with E-state index in [0.29, 0.717) is 17.9 Å². The SMILES string of the molecule is CCCCN(C)C(=NC)NCc1ccc(OC)c(C(=O)OC)c1.I. The summed E-state index contributed by atoms with van der Waals surface area (Å²) in [6.45, 7) is 3.68. The predicted octanol–water partition coefficient (Wildman–Crippen LogP) is 2.91. The lowest BCUT2D eigenvalue weighted by Gasteiger charge is -2.22. The number of methoxy groups -OCH3 is 2. The van der Waals surface area contributed by atoms with Gasteiger partial charge in [0.2, 0.25) is 0 Å². The molecule has 0 aliphatic heterocycles. The molecule has 7 heteroatoms. The number of carbonyl (C=O) groups excluding carboxylic acids is 1. The predicted molar refractivity (Wildman–Crippen MR) is 107 cm³/mol. The van der Waals surface area contributed by atoms with Crippen LogP contribution in [-0.4, -0.2) is 51.7 Å². The summed E-state index contributed by atoms with van der Waals surface area (Å²) in [5, 5.41) is 3.30. The number of nitrogens with zero attached hydrogens (tertiary/aromatic N) is 2. The Hall–Kier alpha value is -1.51. The molecule has 0 saturated carbocycles. The van der Waals surface area contributed by atoms with E-state index in [1.165, 1.54) is 14.2 Å². The van der Waals surface area contributed by atoms with Crippen LogP contribution in [0.3, 0.4) is 0 Å². The Morgan fingerprint density at radius 1 is 1.33 bits per heavy atom. The molecular formula is C17H28IN3O3. The first-order chi connectivity index (χ1) is 11.1. The second kappa shape index (κ2) is 11.9. The largest absolute Gasteiger partial charge is 0.496 e. The topological polar surface area (TPSA) is 63.2 Å². The summed E-state index contributed by atoms with van der Waals surface area (Å²) in [4.78, 5) is 18.2. The van der Waals surface area contributed by atoms with E-state index in [2.05, 4.69) is 22.1 Å². The van der Waals surface area contributed by atoms with E-state index in [9.17, 15) is 4.79 Å². The van der Waals surface area contributed by atoms with Crippen molar-refractivity contribution in [1.82, 2.24) is 10.2 Å². The van der Waals surface area contributed by atoms with Crippen molar-refractivity contribution in [2.45, 2.75) is 26.3 Å². The minimum Gasteiger partial charge on any atom is -0.496 e. The van der Waals surface area contributed by atoms with Gasteiger partial charge in [-0.05, 0) is 24.1 Å². The Morgan fingerprint density at radius 2 is 2.04 bits per heavy atom. The van der Waals surface area contributed by atoms with E-state index in [1.54, 1.807) is 19.2 Å². The van der Waals surface area contributed by atoms with Crippen molar-refractivity contribution in [2.75, 3.05) is 34.9 Å². The molecule has 24 heavy (non-hydrogen) atoms. The lowest BCUT2D eigenvalue weighted by atomic mass is 10.1. The van der Waals surface area contributed by atoms with Gasteiger partial charge in [-0.2, -0.15) is 0 Å². The smallest absolute Gasteiger partial charge is 0.341 e. The number of esters is 1. The normalized spacial score (nSPS) is 10.6. The number of halogens is 1. The molecule has 0 saturated heterocycles. The number of aliphatic imine (C=N–C) groups is 1. The summed E-state index contributed by atoms with van der Waals surface area (Å²) < 4.78 is 9.99. The second-order valence-corrected chi connectivity index (χ2v) is 5.20. The standard InChI is InChI=1S/C17H27N3O3.HI/c1-6-7-10-20(3)17(18-2)19-12-13-8-9-15(22-4)14(11-13)16(21)23-5;/h8-9,11H,6-7,10,12H2,1-5H3,(H,18,19);1H. The highest BCUT2D eigenvalue weighted by molar-refractivity contribution is 14.0. The molecule has 0 fully saturated rings. The van der Waals surface area contributed by atoms with Gasteiger partial charge in [0.15, 0.2) is 5.96 Å². The summed E-state index contributed by atoms with van der Waals surface area (Å²) in [7, 11) is 6.67. The zero-order valence-electron chi connectivity index (χ0n) is 15.1. The molecule has 6 nitrogen and oxygen atoms in total. The number of unbranched alkanes of at least 4 members (excludes halogenated alkanes) is 1. The minimum atomic E-state index is -0.409. The molecule has 0 unspecified atom stereocenters. The van der Waals surface area contributed by atoms with E-state index >= 15 is 0 Å². The van der Waals surface area contributed by atoms with Crippen LogP contribution >= 0.6 is 24.0 Å². The third-order valence-electron chi connectivity index (χ3n) is 3.54. The number of nitrogens with one attached hydrogen (secondary N) is 1. The molecule has 136 valence electrons. The van der Waals surface area contributed by atoms with Crippen molar-refractivity contribution in [3.05, 3.63) is 29.3 Å². The van der Waals surface area contributed by atoms with E-state index in [4.69, 9.17) is 9.47 Å². The van der Waals surface area contributed by atoms with Crippen molar-refractivity contribution in [3.63, 3.8) is 0 Å². The highest BCUT2D eigenvalue weighted by Crippen LogP contribution is 2.20. The van der Waals surface area contributed by atoms with E-state index in [1.807, 2.05) is 13.1 Å². The average Bonchev–Trinajstić information content (AvgIpc) is 2.59. The molecule has 0 aromatic heterocycles. The molecule has 0 atom stereocenters. The molecule has 1 aromatic rings. The molecule has 0 amide bonds. The number of rotatable bonds is 7. The first kappa shape index (κ1) is 22.5. The van der Waals surface area contributed by atoms with Gasteiger partial charge in [-0.15, -0.1) is 24.0 Å². The van der Waals surface area contributed by atoms with Crippen molar-refractivity contribution >= 4 is 35.9 Å². The van der Waals surface area contributed by atoms with E-state index in [0.717, 1.165) is 30.9 Å². The zero-order chi connectivity index (χ0) is 17.2. The lowest BCUT2D eigenvalue weighted by Crippen LogP contribution is -2.39. The van der Waals surface area contributed by atoms with Crippen LogP contribution in [0.25, 0.3) is 0 Å². The number of guanidine groups is 1. The summed E-state index contributed by atoms with van der Waals surface area (Å²) in [6.07, 6.45) is 2.26. The van der Waals surface area contributed by atoms with Crippen LogP contribution in [0.1, 0.15) is 35.7 Å². The molecular weight excluding hydrogens is 421 g/mol. The fraction of sp³-hybridized carbons (Fsp3) is 0.529. The molecule has 1 aromatic carbocycles. The Bertz CT molecular complexity index is 550.